The molecule has 4 N–H and O–H groups in total. The van der Waals surface area contributed by atoms with E-state index in [1.54, 1.807) is 37.3 Å². The number of thioether (sulfide) groups is 1. The molecule has 7 nitrogen and oxygen atoms in total. The Morgan fingerprint density at radius 1 is 1.26 bits per heavy atom. The van der Waals surface area contributed by atoms with Crippen molar-refractivity contribution in [1.82, 2.24) is 9.79 Å². The Bertz CT molecular complexity index is 1170. The number of halogens is 1. The SMILES string of the molecule is Cc1c(F)cccc1C1(C(N)=O)CCC2=C(C1)SC(NS(=O)(=O)c1ccccc1)N2O. The van der Waals surface area contributed by atoms with E-state index < -0.39 is 32.7 Å². The van der Waals surface area contributed by atoms with Gasteiger partial charge >= 0.3 is 0 Å². The normalized spacial score (nSPS) is 23.7. The average molecular weight is 464 g/mol. The number of nitrogens with one attached hydrogen (secondary N) is 1. The van der Waals surface area contributed by atoms with Crippen LogP contribution in [-0.4, -0.2) is 30.1 Å². The fourth-order valence-corrected chi connectivity index (χ4v) is 6.93. The molecule has 2 aromatic rings. The maximum atomic E-state index is 14.2. The summed E-state index contributed by atoms with van der Waals surface area (Å²) in [5.74, 6) is -1.000. The molecular formula is C21H22FN3O4S2. The summed E-state index contributed by atoms with van der Waals surface area (Å²) in [4.78, 5) is 13.3. The Balaban J connectivity index is 1.62. The molecule has 1 aliphatic carbocycles. The zero-order valence-corrected chi connectivity index (χ0v) is 18.3. The Hall–Kier alpha value is -2.40. The number of nitrogens with two attached hydrogens (primary N) is 1. The first-order valence-corrected chi connectivity index (χ1v) is 12.0. The predicted molar refractivity (Wildman–Crippen MR) is 115 cm³/mol. The molecule has 2 aliphatic rings. The Kier molecular flexibility index (Phi) is 5.59. The number of allylic oxidation sites excluding steroid dienone is 2. The molecule has 31 heavy (non-hydrogen) atoms. The van der Waals surface area contributed by atoms with E-state index >= 15 is 0 Å². The topological polar surface area (TPSA) is 113 Å². The maximum Gasteiger partial charge on any atom is 0.243 e. The van der Waals surface area contributed by atoms with Gasteiger partial charge in [0.2, 0.25) is 15.9 Å². The number of sulfonamides is 1. The van der Waals surface area contributed by atoms with Gasteiger partial charge in [0.1, 0.15) is 5.82 Å². The number of primary amides is 1. The lowest BCUT2D eigenvalue weighted by Gasteiger charge is -2.36. The molecule has 2 unspecified atom stereocenters. The fraction of sp³-hybridized carbons (Fsp3) is 0.286. The molecule has 0 radical (unpaired) electrons. The minimum absolute atomic E-state index is 0.0794. The van der Waals surface area contributed by atoms with Crippen molar-refractivity contribution in [3.8, 4) is 0 Å². The van der Waals surface area contributed by atoms with Crippen LogP contribution in [0, 0.1) is 12.7 Å². The molecule has 164 valence electrons. The second kappa shape index (κ2) is 7.94. The second-order valence-corrected chi connectivity index (χ2v) is 10.5. The van der Waals surface area contributed by atoms with Gasteiger partial charge < -0.3 is 5.73 Å². The van der Waals surface area contributed by atoms with Crippen LogP contribution >= 0.6 is 11.8 Å². The molecule has 0 fully saturated rings. The number of hydroxylamine groups is 2. The first-order valence-electron chi connectivity index (χ1n) is 9.65. The third kappa shape index (κ3) is 3.73. The first-order chi connectivity index (χ1) is 14.7. The number of hydrogen-bond donors (Lipinski definition) is 3. The first kappa shape index (κ1) is 21.8. The van der Waals surface area contributed by atoms with Crippen molar-refractivity contribution in [3.63, 3.8) is 0 Å². The van der Waals surface area contributed by atoms with Crippen molar-refractivity contribution in [1.29, 1.82) is 0 Å². The van der Waals surface area contributed by atoms with Crippen molar-refractivity contribution in [3.05, 3.63) is 76.1 Å². The van der Waals surface area contributed by atoms with E-state index in [1.807, 2.05) is 0 Å². The molecule has 1 aliphatic heterocycles. The van der Waals surface area contributed by atoms with Gasteiger partial charge in [-0.1, -0.05) is 42.1 Å². The van der Waals surface area contributed by atoms with E-state index in [0.29, 0.717) is 28.1 Å². The van der Waals surface area contributed by atoms with E-state index in [4.69, 9.17) is 5.73 Å². The van der Waals surface area contributed by atoms with Gasteiger partial charge in [0, 0.05) is 4.91 Å². The summed E-state index contributed by atoms with van der Waals surface area (Å²) in [7, 11) is -3.87. The highest BCUT2D eigenvalue weighted by molar-refractivity contribution is 8.04. The van der Waals surface area contributed by atoms with Crippen LogP contribution in [0.2, 0.25) is 0 Å². The molecule has 4 rings (SSSR count). The standard InChI is InChI=1S/C21H22FN3O4S2/c1-13-15(8-5-9-16(13)22)21(19(23)26)11-10-17-18(12-21)30-20(25(17)27)24-31(28,29)14-6-3-2-4-7-14/h2-9,20,24,27H,10-12H2,1H3,(H2,23,26). The summed E-state index contributed by atoms with van der Waals surface area (Å²) >= 11 is 1.11. The van der Waals surface area contributed by atoms with E-state index in [1.165, 1.54) is 18.2 Å². The van der Waals surface area contributed by atoms with Crippen LogP contribution in [0.4, 0.5) is 4.39 Å². The smallest absolute Gasteiger partial charge is 0.243 e. The zero-order valence-electron chi connectivity index (χ0n) is 16.7. The highest BCUT2D eigenvalue weighted by Crippen LogP contribution is 2.51. The van der Waals surface area contributed by atoms with Crippen LogP contribution in [0.25, 0.3) is 0 Å². The van der Waals surface area contributed by atoms with Gasteiger partial charge in [-0.05, 0) is 55.5 Å². The number of carbonyl (C=O) groups excluding carboxylic acids is 1. The fourth-order valence-electron chi connectivity index (χ4n) is 4.19. The van der Waals surface area contributed by atoms with Crippen LogP contribution in [0.3, 0.4) is 0 Å². The van der Waals surface area contributed by atoms with Crippen LogP contribution < -0.4 is 10.5 Å². The highest BCUT2D eigenvalue weighted by atomic mass is 32.2. The van der Waals surface area contributed by atoms with E-state index in [0.717, 1.165) is 16.8 Å². The van der Waals surface area contributed by atoms with Gasteiger partial charge in [0.25, 0.3) is 0 Å². The molecule has 2 aromatic carbocycles. The third-order valence-electron chi connectivity index (χ3n) is 5.89. The monoisotopic (exact) mass is 463 g/mol. The summed E-state index contributed by atoms with van der Waals surface area (Å²) in [6, 6.07) is 12.4. The molecule has 1 amide bonds. The molecule has 0 saturated carbocycles. The maximum absolute atomic E-state index is 14.2. The minimum atomic E-state index is -3.87. The van der Waals surface area contributed by atoms with Gasteiger partial charge in [-0.15, -0.1) is 0 Å². The number of rotatable bonds is 5. The van der Waals surface area contributed by atoms with Crippen LogP contribution in [0.5, 0.6) is 0 Å². The van der Waals surface area contributed by atoms with Crippen LogP contribution in [0.1, 0.15) is 30.4 Å². The molecule has 0 bridgehead atoms. The van der Waals surface area contributed by atoms with Crippen molar-refractivity contribution in [2.75, 3.05) is 0 Å². The van der Waals surface area contributed by atoms with Crippen molar-refractivity contribution >= 4 is 27.7 Å². The molecular weight excluding hydrogens is 441 g/mol. The summed E-state index contributed by atoms with van der Waals surface area (Å²) in [6.45, 7) is 1.61. The van der Waals surface area contributed by atoms with E-state index in [9.17, 15) is 22.8 Å². The molecule has 10 heteroatoms. The zero-order chi connectivity index (χ0) is 22.4. The lowest BCUT2D eigenvalue weighted by Crippen LogP contribution is -2.44. The van der Waals surface area contributed by atoms with Crippen molar-refractivity contribution in [2.24, 2.45) is 5.73 Å². The number of hydrogen-bond acceptors (Lipinski definition) is 6. The van der Waals surface area contributed by atoms with Gasteiger partial charge in [-0.2, -0.15) is 4.72 Å². The predicted octanol–water partition coefficient (Wildman–Crippen LogP) is 2.95. The minimum Gasteiger partial charge on any atom is -0.369 e. The summed E-state index contributed by atoms with van der Waals surface area (Å²) < 4.78 is 42.1. The van der Waals surface area contributed by atoms with E-state index in [-0.39, 0.29) is 17.7 Å². The highest BCUT2D eigenvalue weighted by Gasteiger charge is 2.48. The third-order valence-corrected chi connectivity index (χ3v) is 8.67. The van der Waals surface area contributed by atoms with Crippen molar-refractivity contribution < 1.29 is 22.8 Å². The Morgan fingerprint density at radius 2 is 1.97 bits per heavy atom. The van der Waals surface area contributed by atoms with Gasteiger partial charge in [0.05, 0.1) is 16.0 Å². The molecule has 1 heterocycles. The van der Waals surface area contributed by atoms with Crippen molar-refractivity contribution in [2.45, 2.75) is 42.0 Å². The second-order valence-electron chi connectivity index (χ2n) is 7.65. The van der Waals surface area contributed by atoms with Gasteiger partial charge in [0.15, 0.2) is 5.50 Å². The molecule has 0 saturated heterocycles. The summed E-state index contributed by atoms with van der Waals surface area (Å²) in [5.41, 5.74) is 5.10. The number of amides is 1. The quantitative estimate of drug-likeness (QED) is 0.629. The lowest BCUT2D eigenvalue weighted by atomic mass is 9.69. The molecule has 2 atom stereocenters. The number of benzene rings is 2. The number of nitrogens with zero attached hydrogens (tertiary/aromatic N) is 1. The van der Waals surface area contributed by atoms with Crippen LogP contribution in [-0.2, 0) is 20.2 Å². The molecule has 0 aromatic heterocycles. The van der Waals surface area contributed by atoms with E-state index in [2.05, 4.69) is 4.72 Å². The lowest BCUT2D eigenvalue weighted by molar-refractivity contribution is -0.124. The Labute approximate surface area is 184 Å². The van der Waals surface area contributed by atoms with Gasteiger partial charge in [-0.3, -0.25) is 10.0 Å². The summed E-state index contributed by atoms with van der Waals surface area (Å²) in [5, 5.41) is 11.5. The van der Waals surface area contributed by atoms with Crippen LogP contribution in [0.15, 0.2) is 64.0 Å². The molecule has 0 spiro atoms. The Morgan fingerprint density at radius 3 is 2.65 bits per heavy atom. The largest absolute Gasteiger partial charge is 0.369 e. The number of carbonyl (C=O) groups is 1. The van der Waals surface area contributed by atoms with Gasteiger partial charge in [-0.25, -0.2) is 17.9 Å². The summed E-state index contributed by atoms with van der Waals surface area (Å²) in [6.07, 6.45) is 0.732. The average Bonchev–Trinajstić information content (AvgIpc) is 3.04.